The Morgan fingerprint density at radius 1 is 0.472 bits per heavy atom. The van der Waals surface area contributed by atoms with E-state index in [1.54, 1.807) is 0 Å². The number of para-hydroxylation sites is 2. The van der Waals surface area contributed by atoms with Gasteiger partial charge in [-0.25, -0.2) is 0 Å². The van der Waals surface area contributed by atoms with Crippen LogP contribution >= 0.6 is 0 Å². The Morgan fingerprint density at radius 3 is 1.85 bits per heavy atom. The number of aromatic nitrogens is 1. The van der Waals surface area contributed by atoms with E-state index in [-0.39, 0.29) is 33.9 Å². The van der Waals surface area contributed by atoms with Gasteiger partial charge in [-0.2, -0.15) is 0 Å². The van der Waals surface area contributed by atoms with Crippen LogP contribution < -0.4 is 31.1 Å². The average molecular weight is 939 g/mol. The van der Waals surface area contributed by atoms with Gasteiger partial charge in [0.15, 0.2) is 0 Å². The first-order valence-corrected chi connectivity index (χ1v) is 26.7. The number of pyridine rings is 1. The first-order valence-electron chi connectivity index (χ1n) is 26.7. The number of benzene rings is 7. The Morgan fingerprint density at radius 2 is 1.12 bits per heavy atom. The zero-order valence-electron chi connectivity index (χ0n) is 43.8. The molecular formula is C67H67BN4. The molecule has 3 aliphatic heterocycles. The van der Waals surface area contributed by atoms with Crippen LogP contribution in [0, 0.1) is 0 Å². The van der Waals surface area contributed by atoms with E-state index in [9.17, 15) is 0 Å². The Bertz CT molecular complexity index is 3460. The third-order valence-corrected chi connectivity index (χ3v) is 18.5. The summed E-state index contributed by atoms with van der Waals surface area (Å²) < 4.78 is 0. The van der Waals surface area contributed by atoms with Gasteiger partial charge in [0.05, 0.1) is 16.9 Å². The lowest BCUT2D eigenvalue weighted by Gasteiger charge is -2.51. The van der Waals surface area contributed by atoms with E-state index in [1.807, 2.05) is 12.3 Å². The smallest absolute Gasteiger partial charge is 0.252 e. The van der Waals surface area contributed by atoms with Gasteiger partial charge in [-0.3, -0.25) is 4.98 Å². The summed E-state index contributed by atoms with van der Waals surface area (Å²) >= 11 is 0. The highest BCUT2D eigenvalue weighted by Gasteiger charge is 2.58. The van der Waals surface area contributed by atoms with Crippen molar-refractivity contribution in [1.82, 2.24) is 4.98 Å². The highest BCUT2D eigenvalue weighted by molar-refractivity contribution is 7.00. The zero-order valence-corrected chi connectivity index (χ0v) is 43.8. The zero-order chi connectivity index (χ0) is 49.5. The molecule has 7 aromatic carbocycles. The predicted octanol–water partition coefficient (Wildman–Crippen LogP) is 15.9. The summed E-state index contributed by atoms with van der Waals surface area (Å²) in [7, 11) is 0. The summed E-state index contributed by atoms with van der Waals surface area (Å²) in [4.78, 5) is 13.0. The van der Waals surface area contributed by atoms with Gasteiger partial charge in [-0.15, -0.1) is 0 Å². The molecule has 2 aliphatic carbocycles. The van der Waals surface area contributed by atoms with Crippen molar-refractivity contribution in [1.29, 1.82) is 0 Å². The van der Waals surface area contributed by atoms with Gasteiger partial charge >= 0.3 is 0 Å². The van der Waals surface area contributed by atoms with E-state index >= 15 is 0 Å². The van der Waals surface area contributed by atoms with Crippen LogP contribution in [0.3, 0.4) is 0 Å². The van der Waals surface area contributed by atoms with Crippen molar-refractivity contribution in [3.8, 4) is 22.4 Å². The molecular weight excluding hydrogens is 872 g/mol. The van der Waals surface area contributed by atoms with Crippen LogP contribution in [0.25, 0.3) is 22.4 Å². The minimum absolute atomic E-state index is 0.00829. The highest BCUT2D eigenvalue weighted by atomic mass is 15.3. The standard InChI is InChI=1S/C67H67BN4/c1-63(2,3)46-30-32-56(49(39-46)44-22-12-10-13-23-44)71-59-43-51-50(64(4,5)35-36-65(51,6)7)42-54(59)68-53-26-16-17-28-58(53)70(47-24-14-11-15-25-47)60-40-48(41-61(71)62(60)68)72-57-31-29-45(55-27-18-21-37-69-55)38-52(57)66(8)33-19-20-34-67(66,72)9/h10-18,21-32,37-43H,19-20,33-36H2,1-9H3. The van der Waals surface area contributed by atoms with Crippen LogP contribution in [-0.4, -0.2) is 17.2 Å². The minimum atomic E-state index is -0.184. The fourth-order valence-corrected chi connectivity index (χ4v) is 14.1. The van der Waals surface area contributed by atoms with Gasteiger partial charge in [-0.05, 0) is 166 Å². The van der Waals surface area contributed by atoms with E-state index in [4.69, 9.17) is 4.98 Å². The van der Waals surface area contributed by atoms with Gasteiger partial charge in [0, 0.05) is 62.6 Å². The molecule has 358 valence electrons. The summed E-state index contributed by atoms with van der Waals surface area (Å²) in [6.07, 6.45) is 8.90. The second-order valence-corrected chi connectivity index (χ2v) is 24.6. The molecule has 1 aromatic heterocycles. The molecule has 5 aliphatic rings. The number of nitrogens with zero attached hydrogens (tertiary/aromatic N) is 4. The number of hydrogen-bond donors (Lipinski definition) is 0. The molecule has 1 saturated carbocycles. The van der Waals surface area contributed by atoms with Crippen LogP contribution in [0.1, 0.15) is 123 Å². The molecule has 72 heavy (non-hydrogen) atoms. The molecule has 13 rings (SSSR count). The van der Waals surface area contributed by atoms with Crippen molar-refractivity contribution in [3.05, 3.63) is 192 Å². The van der Waals surface area contributed by atoms with Crippen molar-refractivity contribution in [2.45, 2.75) is 128 Å². The summed E-state index contributed by atoms with van der Waals surface area (Å²) in [5, 5.41) is 0. The molecule has 2 unspecified atom stereocenters. The number of anilines is 8. The summed E-state index contributed by atoms with van der Waals surface area (Å²) in [5.74, 6) is 0. The maximum atomic E-state index is 4.86. The molecule has 2 atom stereocenters. The Kier molecular flexibility index (Phi) is 9.90. The molecule has 0 bridgehead atoms. The summed E-state index contributed by atoms with van der Waals surface area (Å²) in [5.41, 5.74) is 24.2. The molecule has 4 heterocycles. The van der Waals surface area contributed by atoms with Crippen LogP contribution in [0.15, 0.2) is 170 Å². The molecule has 4 nitrogen and oxygen atoms in total. The molecule has 0 N–H and O–H groups in total. The monoisotopic (exact) mass is 939 g/mol. The molecule has 0 spiro atoms. The minimum Gasteiger partial charge on any atom is -0.334 e. The van der Waals surface area contributed by atoms with Crippen molar-refractivity contribution in [3.63, 3.8) is 0 Å². The van der Waals surface area contributed by atoms with Gasteiger partial charge in [0.1, 0.15) is 0 Å². The largest absolute Gasteiger partial charge is 0.334 e. The van der Waals surface area contributed by atoms with Crippen LogP contribution in [-0.2, 0) is 21.7 Å². The first kappa shape index (κ1) is 45.0. The normalized spacial score (nSPS) is 21.0. The van der Waals surface area contributed by atoms with E-state index in [1.165, 1.54) is 114 Å². The Hall–Kier alpha value is -6.85. The Balaban J connectivity index is 1.17. The lowest BCUT2D eigenvalue weighted by Crippen LogP contribution is -2.62. The third kappa shape index (κ3) is 6.54. The van der Waals surface area contributed by atoms with E-state index in [2.05, 4.69) is 235 Å². The number of hydrogen-bond acceptors (Lipinski definition) is 4. The lowest BCUT2D eigenvalue weighted by atomic mass is 9.33. The lowest BCUT2D eigenvalue weighted by molar-refractivity contribution is 0.195. The second-order valence-electron chi connectivity index (χ2n) is 24.6. The summed E-state index contributed by atoms with van der Waals surface area (Å²) in [6, 6.07) is 63.0. The first-order chi connectivity index (χ1) is 34.6. The molecule has 0 saturated heterocycles. The molecule has 8 aromatic rings. The maximum Gasteiger partial charge on any atom is 0.252 e. The van der Waals surface area contributed by atoms with E-state index in [0.717, 1.165) is 31.4 Å². The SMILES string of the molecule is CC(C)(C)c1ccc(N2c3cc4c(cc3B3c5ccccc5N(c5ccccc5)c5cc(N6c7ccc(-c8ccccn8)cc7C7(C)CCCCC67C)cc2c53)C(C)(C)CCC4(C)C)c(-c2ccccc2)c1. The molecule has 1 fully saturated rings. The molecule has 0 radical (unpaired) electrons. The van der Waals surface area contributed by atoms with Crippen molar-refractivity contribution in [2.24, 2.45) is 0 Å². The van der Waals surface area contributed by atoms with Gasteiger partial charge in [-0.1, -0.05) is 159 Å². The van der Waals surface area contributed by atoms with Crippen molar-refractivity contribution >= 4 is 68.6 Å². The second kappa shape index (κ2) is 15.8. The maximum absolute atomic E-state index is 4.86. The number of fused-ring (bicyclic) bond motifs is 8. The van der Waals surface area contributed by atoms with Gasteiger partial charge in [0.25, 0.3) is 6.71 Å². The molecule has 5 heteroatoms. The van der Waals surface area contributed by atoms with Crippen LogP contribution in [0.2, 0.25) is 0 Å². The predicted molar refractivity (Wildman–Crippen MR) is 306 cm³/mol. The van der Waals surface area contributed by atoms with Crippen LogP contribution in [0.4, 0.5) is 45.5 Å². The fourth-order valence-electron chi connectivity index (χ4n) is 14.1. The number of rotatable bonds is 5. The van der Waals surface area contributed by atoms with E-state index in [0.29, 0.717) is 0 Å². The average Bonchev–Trinajstić information content (AvgIpc) is 3.60. The van der Waals surface area contributed by atoms with Gasteiger partial charge < -0.3 is 14.7 Å². The Labute approximate surface area is 428 Å². The third-order valence-electron chi connectivity index (χ3n) is 18.5. The van der Waals surface area contributed by atoms with Gasteiger partial charge in [0.2, 0.25) is 0 Å². The molecule has 0 amide bonds. The quantitative estimate of drug-likeness (QED) is 0.160. The fraction of sp³-hybridized carbons (Fsp3) is 0.299. The topological polar surface area (TPSA) is 22.6 Å². The van der Waals surface area contributed by atoms with Crippen molar-refractivity contribution in [2.75, 3.05) is 14.7 Å². The summed E-state index contributed by atoms with van der Waals surface area (Å²) in [6.45, 7) is 22.1. The van der Waals surface area contributed by atoms with Crippen molar-refractivity contribution < 1.29 is 0 Å². The van der Waals surface area contributed by atoms with Crippen LogP contribution in [0.5, 0.6) is 0 Å². The highest BCUT2D eigenvalue weighted by Crippen LogP contribution is 2.62. The van der Waals surface area contributed by atoms with E-state index < -0.39 is 0 Å².